The predicted octanol–water partition coefficient (Wildman–Crippen LogP) is 6.64. The van der Waals surface area contributed by atoms with Crippen molar-refractivity contribution in [1.82, 2.24) is 4.90 Å². The van der Waals surface area contributed by atoms with E-state index in [1.165, 1.54) is 89.9 Å². The van der Waals surface area contributed by atoms with E-state index < -0.39 is 5.60 Å². The number of esters is 1. The molecule has 0 rings (SSSR count). The summed E-state index contributed by atoms with van der Waals surface area (Å²) in [7, 11) is 0. The Kier molecular flexibility index (Phi) is 22.7. The minimum absolute atomic E-state index is 0.145. The zero-order valence-electron chi connectivity index (χ0n) is 22.4. The normalized spacial score (nSPS) is 11.9. The van der Waals surface area contributed by atoms with Crippen molar-refractivity contribution < 1.29 is 19.7 Å². The summed E-state index contributed by atoms with van der Waals surface area (Å²) in [4.78, 5) is 14.2. The molecular formula is C28H57NO4. The van der Waals surface area contributed by atoms with Crippen LogP contribution in [0.1, 0.15) is 136 Å². The van der Waals surface area contributed by atoms with E-state index in [-0.39, 0.29) is 19.2 Å². The lowest BCUT2D eigenvalue weighted by molar-refractivity contribution is -0.160. The molecule has 198 valence electrons. The zero-order valence-corrected chi connectivity index (χ0v) is 22.4. The molecule has 2 N–H and O–H groups in total. The van der Waals surface area contributed by atoms with Crippen molar-refractivity contribution >= 4 is 5.97 Å². The number of rotatable bonds is 25. The van der Waals surface area contributed by atoms with Crippen LogP contribution in [0.3, 0.4) is 0 Å². The van der Waals surface area contributed by atoms with Crippen LogP contribution >= 0.6 is 0 Å². The number of nitrogens with zero attached hydrogens (tertiary/aromatic N) is 1. The van der Waals surface area contributed by atoms with Gasteiger partial charge in [-0.05, 0) is 46.2 Å². The van der Waals surface area contributed by atoms with Crippen molar-refractivity contribution in [2.45, 2.75) is 142 Å². The minimum Gasteiger partial charge on any atom is -0.457 e. The molecule has 0 aliphatic rings. The van der Waals surface area contributed by atoms with Gasteiger partial charge in [0.25, 0.3) is 0 Å². The smallest absolute Gasteiger partial charge is 0.306 e. The summed E-state index contributed by atoms with van der Waals surface area (Å²) in [5.41, 5.74) is -0.769. The van der Waals surface area contributed by atoms with Gasteiger partial charge >= 0.3 is 5.97 Å². The Morgan fingerprint density at radius 3 is 1.52 bits per heavy atom. The summed E-state index contributed by atoms with van der Waals surface area (Å²) < 4.78 is 5.25. The molecule has 0 amide bonds. The molecule has 0 unspecified atom stereocenters. The first-order chi connectivity index (χ1) is 15.9. The molecule has 0 fully saturated rings. The van der Waals surface area contributed by atoms with Crippen LogP contribution in [0, 0.1) is 0 Å². The molecule has 0 aromatic carbocycles. The summed E-state index contributed by atoms with van der Waals surface area (Å²) >= 11 is 0. The van der Waals surface area contributed by atoms with Crippen LogP contribution < -0.4 is 0 Å². The Morgan fingerprint density at radius 2 is 1.09 bits per heavy atom. The molecule has 0 aliphatic heterocycles. The van der Waals surface area contributed by atoms with Gasteiger partial charge in [-0.3, -0.25) is 4.79 Å². The van der Waals surface area contributed by atoms with Crippen LogP contribution in [0.4, 0.5) is 0 Å². The molecule has 0 aliphatic carbocycles. The van der Waals surface area contributed by atoms with Crippen molar-refractivity contribution in [2.24, 2.45) is 0 Å². The van der Waals surface area contributed by atoms with E-state index >= 15 is 0 Å². The first-order valence-electron chi connectivity index (χ1n) is 14.1. The number of ether oxygens (including phenoxy) is 1. The molecule has 0 saturated heterocycles. The number of aliphatic hydroxyl groups is 2. The third-order valence-corrected chi connectivity index (χ3v) is 6.37. The number of hydrogen-bond donors (Lipinski definition) is 2. The molecule has 0 spiro atoms. The van der Waals surface area contributed by atoms with Crippen molar-refractivity contribution in [3.63, 3.8) is 0 Å². The van der Waals surface area contributed by atoms with Gasteiger partial charge in [0.1, 0.15) is 5.60 Å². The number of unbranched alkanes of at least 4 members (excludes halogenated alkanes) is 15. The van der Waals surface area contributed by atoms with E-state index in [1.54, 1.807) is 13.8 Å². The molecule has 0 radical (unpaired) electrons. The monoisotopic (exact) mass is 471 g/mol. The van der Waals surface area contributed by atoms with Gasteiger partial charge in [-0.25, -0.2) is 0 Å². The standard InChI is InChI=1S/C28H57NO4/c1-4-5-6-7-8-9-10-13-16-19-22-29(24-25-30)23-20-17-14-11-12-15-18-21-27(32)33-28(2,3)26-31/h30-31H,4-26H2,1-3H3. The molecule has 0 aromatic rings. The lowest BCUT2D eigenvalue weighted by Crippen LogP contribution is -2.31. The highest BCUT2D eigenvalue weighted by Crippen LogP contribution is 2.14. The van der Waals surface area contributed by atoms with Gasteiger partial charge in [0, 0.05) is 13.0 Å². The maximum Gasteiger partial charge on any atom is 0.306 e. The summed E-state index contributed by atoms with van der Waals surface area (Å²) in [6.45, 7) is 8.87. The third kappa shape index (κ3) is 22.9. The number of hydrogen-bond acceptors (Lipinski definition) is 5. The quantitative estimate of drug-likeness (QED) is 0.115. The Bertz CT molecular complexity index is 428. The van der Waals surface area contributed by atoms with Crippen LogP contribution in [0.15, 0.2) is 0 Å². The van der Waals surface area contributed by atoms with E-state index in [0.29, 0.717) is 6.42 Å². The topological polar surface area (TPSA) is 70.0 Å². The van der Waals surface area contributed by atoms with Crippen LogP contribution in [-0.2, 0) is 9.53 Å². The maximum absolute atomic E-state index is 11.7. The predicted molar refractivity (Wildman–Crippen MR) is 140 cm³/mol. The Morgan fingerprint density at radius 1 is 0.667 bits per heavy atom. The number of aliphatic hydroxyl groups excluding tert-OH is 2. The van der Waals surface area contributed by atoms with E-state index in [9.17, 15) is 9.90 Å². The summed E-state index contributed by atoms with van der Waals surface area (Å²) in [5.74, 6) is -0.208. The van der Waals surface area contributed by atoms with Crippen molar-refractivity contribution in [2.75, 3.05) is 32.8 Å². The van der Waals surface area contributed by atoms with Crippen LogP contribution in [0.25, 0.3) is 0 Å². The van der Waals surface area contributed by atoms with E-state index in [1.807, 2.05) is 0 Å². The third-order valence-electron chi connectivity index (χ3n) is 6.37. The van der Waals surface area contributed by atoms with Crippen LogP contribution in [-0.4, -0.2) is 59.5 Å². The molecular weight excluding hydrogens is 414 g/mol. The van der Waals surface area contributed by atoms with Gasteiger partial charge in [-0.1, -0.05) is 96.8 Å². The maximum atomic E-state index is 11.7. The van der Waals surface area contributed by atoms with E-state index in [4.69, 9.17) is 9.84 Å². The highest BCUT2D eigenvalue weighted by atomic mass is 16.6. The Balaban J connectivity index is 3.55. The second kappa shape index (κ2) is 23.1. The lowest BCUT2D eigenvalue weighted by Gasteiger charge is -2.22. The van der Waals surface area contributed by atoms with E-state index in [0.717, 1.165) is 38.9 Å². The molecule has 33 heavy (non-hydrogen) atoms. The van der Waals surface area contributed by atoms with Crippen LogP contribution in [0.5, 0.6) is 0 Å². The SMILES string of the molecule is CCCCCCCCCCCCN(CCO)CCCCCCCCCC(=O)OC(C)(C)CO. The first kappa shape index (κ1) is 32.4. The molecule has 0 aromatic heterocycles. The summed E-state index contributed by atoms with van der Waals surface area (Å²) in [6, 6.07) is 0. The van der Waals surface area contributed by atoms with Gasteiger partial charge in [0.05, 0.1) is 13.2 Å². The molecule has 5 nitrogen and oxygen atoms in total. The average molecular weight is 472 g/mol. The van der Waals surface area contributed by atoms with Gasteiger partial charge in [0.2, 0.25) is 0 Å². The molecule has 0 bridgehead atoms. The molecule has 0 heterocycles. The van der Waals surface area contributed by atoms with Gasteiger partial charge < -0.3 is 19.8 Å². The van der Waals surface area contributed by atoms with Gasteiger partial charge in [-0.2, -0.15) is 0 Å². The summed E-state index contributed by atoms with van der Waals surface area (Å²) in [6.07, 6.45) is 22.1. The highest BCUT2D eigenvalue weighted by Gasteiger charge is 2.21. The minimum atomic E-state index is -0.769. The second-order valence-corrected chi connectivity index (χ2v) is 10.4. The van der Waals surface area contributed by atoms with Crippen molar-refractivity contribution in [3.05, 3.63) is 0 Å². The lowest BCUT2D eigenvalue weighted by atomic mass is 10.1. The second-order valence-electron chi connectivity index (χ2n) is 10.4. The zero-order chi connectivity index (χ0) is 24.6. The fourth-order valence-electron chi connectivity index (χ4n) is 4.18. The van der Waals surface area contributed by atoms with Crippen LogP contribution in [0.2, 0.25) is 0 Å². The Labute approximate surface area is 205 Å². The largest absolute Gasteiger partial charge is 0.457 e. The molecule has 0 atom stereocenters. The highest BCUT2D eigenvalue weighted by molar-refractivity contribution is 5.69. The summed E-state index contributed by atoms with van der Waals surface area (Å²) in [5, 5.41) is 18.5. The Hall–Kier alpha value is -0.650. The fraction of sp³-hybridized carbons (Fsp3) is 0.964. The van der Waals surface area contributed by atoms with Gasteiger partial charge in [-0.15, -0.1) is 0 Å². The fourth-order valence-corrected chi connectivity index (χ4v) is 4.18. The molecule has 0 saturated carbocycles. The number of carbonyl (C=O) groups is 1. The molecule has 5 heteroatoms. The van der Waals surface area contributed by atoms with E-state index in [2.05, 4.69) is 11.8 Å². The van der Waals surface area contributed by atoms with Crippen molar-refractivity contribution in [3.8, 4) is 0 Å². The number of carbonyl (C=O) groups excluding carboxylic acids is 1. The van der Waals surface area contributed by atoms with Crippen molar-refractivity contribution in [1.29, 1.82) is 0 Å². The van der Waals surface area contributed by atoms with Gasteiger partial charge in [0.15, 0.2) is 0 Å². The first-order valence-corrected chi connectivity index (χ1v) is 14.1. The average Bonchev–Trinajstić information content (AvgIpc) is 2.78.